The van der Waals surface area contributed by atoms with E-state index in [0.717, 1.165) is 56.1 Å². The molecule has 6 nitrogen and oxygen atoms in total. The van der Waals surface area contributed by atoms with Crippen LogP contribution in [0.2, 0.25) is 0 Å². The van der Waals surface area contributed by atoms with Crippen molar-refractivity contribution in [3.8, 4) is 10.6 Å². The Bertz CT molecular complexity index is 1030. The third kappa shape index (κ3) is 5.62. The van der Waals surface area contributed by atoms with Crippen molar-refractivity contribution in [2.45, 2.75) is 12.8 Å². The average molecular weight is 437 g/mol. The molecule has 0 unspecified atom stereocenters. The molecule has 1 saturated heterocycles. The molecule has 31 heavy (non-hydrogen) atoms. The highest BCUT2D eigenvalue weighted by atomic mass is 32.1. The van der Waals surface area contributed by atoms with Crippen LogP contribution in [0.25, 0.3) is 10.6 Å². The maximum absolute atomic E-state index is 12.4. The van der Waals surface area contributed by atoms with Gasteiger partial charge >= 0.3 is 0 Å². The fourth-order valence-corrected chi connectivity index (χ4v) is 4.56. The number of carbonyl (C=O) groups is 1. The van der Waals surface area contributed by atoms with Crippen LogP contribution in [0.4, 0.5) is 5.69 Å². The number of anilines is 1. The molecule has 1 amide bonds. The number of unbranched alkanes of at least 4 members (excludes halogenated alkanes) is 1. The number of carbonyl (C=O) groups excluding carboxylic acids is 1. The number of amides is 1. The van der Waals surface area contributed by atoms with Crippen LogP contribution < -0.4 is 15.8 Å². The van der Waals surface area contributed by atoms with Gasteiger partial charge in [0.25, 0.3) is 11.5 Å². The number of rotatable bonds is 8. The van der Waals surface area contributed by atoms with Gasteiger partial charge in [-0.05, 0) is 55.1 Å². The van der Waals surface area contributed by atoms with Crippen LogP contribution in [-0.4, -0.2) is 55.1 Å². The number of para-hydroxylation sites is 1. The van der Waals surface area contributed by atoms with E-state index in [9.17, 15) is 9.59 Å². The molecule has 1 aliphatic rings. The zero-order chi connectivity index (χ0) is 21.5. The van der Waals surface area contributed by atoms with Crippen molar-refractivity contribution < 1.29 is 4.79 Å². The Balaban J connectivity index is 1.15. The molecule has 162 valence electrons. The van der Waals surface area contributed by atoms with Gasteiger partial charge in [0.2, 0.25) is 0 Å². The van der Waals surface area contributed by atoms with E-state index < -0.39 is 0 Å². The molecule has 0 spiro atoms. The number of benzene rings is 1. The molecule has 0 aliphatic carbocycles. The second kappa shape index (κ2) is 10.4. The van der Waals surface area contributed by atoms with Crippen LogP contribution in [-0.2, 0) is 0 Å². The number of nitrogens with one attached hydrogen (secondary N) is 2. The zero-order valence-corrected chi connectivity index (χ0v) is 18.4. The predicted octanol–water partition coefficient (Wildman–Crippen LogP) is 3.44. The Morgan fingerprint density at radius 1 is 0.968 bits per heavy atom. The van der Waals surface area contributed by atoms with Crippen LogP contribution in [0.5, 0.6) is 0 Å². The number of hydrogen-bond donors (Lipinski definition) is 2. The third-order valence-corrected chi connectivity index (χ3v) is 6.52. The van der Waals surface area contributed by atoms with Gasteiger partial charge in [0.15, 0.2) is 0 Å². The van der Waals surface area contributed by atoms with E-state index in [1.54, 1.807) is 23.5 Å². The molecule has 0 bridgehead atoms. The summed E-state index contributed by atoms with van der Waals surface area (Å²) in [5.41, 5.74) is 1.85. The molecule has 3 heterocycles. The second-order valence-corrected chi connectivity index (χ2v) is 8.67. The van der Waals surface area contributed by atoms with E-state index in [1.165, 1.54) is 5.69 Å². The Morgan fingerprint density at radius 2 is 1.77 bits per heavy atom. The van der Waals surface area contributed by atoms with Crippen LogP contribution in [0.15, 0.2) is 64.8 Å². The van der Waals surface area contributed by atoms with Crippen LogP contribution >= 0.6 is 11.3 Å². The highest BCUT2D eigenvalue weighted by Crippen LogP contribution is 2.21. The average Bonchev–Trinajstić information content (AvgIpc) is 3.35. The molecule has 1 fully saturated rings. The fourth-order valence-electron chi connectivity index (χ4n) is 3.85. The van der Waals surface area contributed by atoms with Gasteiger partial charge in [-0.3, -0.25) is 14.5 Å². The van der Waals surface area contributed by atoms with Gasteiger partial charge in [0, 0.05) is 38.4 Å². The van der Waals surface area contributed by atoms with E-state index in [2.05, 4.69) is 50.4 Å². The standard InChI is InChI=1S/C24H28N4O2S/c29-23(20-10-11-21(26-24(20)30)22-9-6-18-31-22)25-12-4-5-13-27-14-16-28(17-15-27)19-7-2-1-3-8-19/h1-3,6-11,18H,4-5,12-17H2,(H,25,29)(H,26,30). The minimum atomic E-state index is -0.348. The summed E-state index contributed by atoms with van der Waals surface area (Å²) in [4.78, 5) is 33.3. The molecule has 1 aliphatic heterocycles. The number of pyridine rings is 1. The van der Waals surface area contributed by atoms with Gasteiger partial charge in [-0.2, -0.15) is 0 Å². The predicted molar refractivity (Wildman–Crippen MR) is 127 cm³/mol. The number of H-pyrrole nitrogens is 1. The number of thiophene rings is 1. The maximum Gasteiger partial charge on any atom is 0.261 e. The lowest BCUT2D eigenvalue weighted by Crippen LogP contribution is -2.46. The number of piperazine rings is 1. The molecular weight excluding hydrogens is 408 g/mol. The first kappa shape index (κ1) is 21.3. The van der Waals surface area contributed by atoms with E-state index in [0.29, 0.717) is 6.54 Å². The van der Waals surface area contributed by atoms with Crippen molar-refractivity contribution in [1.82, 2.24) is 15.2 Å². The zero-order valence-electron chi connectivity index (χ0n) is 17.5. The smallest absolute Gasteiger partial charge is 0.261 e. The van der Waals surface area contributed by atoms with Gasteiger partial charge in [-0.15, -0.1) is 11.3 Å². The molecule has 7 heteroatoms. The van der Waals surface area contributed by atoms with Crippen molar-refractivity contribution in [3.05, 3.63) is 75.9 Å². The highest BCUT2D eigenvalue weighted by Gasteiger charge is 2.16. The summed E-state index contributed by atoms with van der Waals surface area (Å²) in [6, 6.07) is 17.8. The van der Waals surface area contributed by atoms with Gasteiger partial charge in [-0.25, -0.2) is 0 Å². The van der Waals surface area contributed by atoms with E-state index in [4.69, 9.17) is 0 Å². The summed E-state index contributed by atoms with van der Waals surface area (Å²) in [6.07, 6.45) is 1.93. The largest absolute Gasteiger partial charge is 0.369 e. The first-order valence-corrected chi connectivity index (χ1v) is 11.7. The summed E-state index contributed by atoms with van der Waals surface area (Å²) in [5.74, 6) is -0.310. The molecule has 1 aromatic carbocycles. The molecular formula is C24H28N4O2S. The van der Waals surface area contributed by atoms with Crippen molar-refractivity contribution in [2.75, 3.05) is 44.2 Å². The molecule has 0 saturated carbocycles. The lowest BCUT2D eigenvalue weighted by atomic mass is 10.2. The van der Waals surface area contributed by atoms with Crippen LogP contribution in [0.1, 0.15) is 23.2 Å². The van der Waals surface area contributed by atoms with Crippen LogP contribution in [0.3, 0.4) is 0 Å². The summed E-state index contributed by atoms with van der Waals surface area (Å²) in [7, 11) is 0. The van der Waals surface area contributed by atoms with Gasteiger partial charge in [-0.1, -0.05) is 24.3 Å². The minimum absolute atomic E-state index is 0.164. The summed E-state index contributed by atoms with van der Waals surface area (Å²) >= 11 is 1.55. The number of aromatic nitrogens is 1. The molecule has 0 atom stereocenters. The summed E-state index contributed by atoms with van der Waals surface area (Å²) in [5, 5.41) is 4.83. The normalized spacial score (nSPS) is 14.5. The molecule has 2 aromatic heterocycles. The van der Waals surface area contributed by atoms with E-state index >= 15 is 0 Å². The quantitative estimate of drug-likeness (QED) is 0.531. The van der Waals surface area contributed by atoms with E-state index in [1.807, 2.05) is 17.5 Å². The van der Waals surface area contributed by atoms with Crippen molar-refractivity contribution >= 4 is 22.9 Å². The van der Waals surface area contributed by atoms with Gasteiger partial charge < -0.3 is 15.2 Å². The van der Waals surface area contributed by atoms with Gasteiger partial charge in [0.05, 0.1) is 10.6 Å². The summed E-state index contributed by atoms with van der Waals surface area (Å²) in [6.45, 7) is 5.83. The van der Waals surface area contributed by atoms with Crippen molar-refractivity contribution in [3.63, 3.8) is 0 Å². The molecule has 2 N–H and O–H groups in total. The van der Waals surface area contributed by atoms with Crippen LogP contribution in [0, 0.1) is 0 Å². The Morgan fingerprint density at radius 3 is 2.48 bits per heavy atom. The Hall–Kier alpha value is -2.90. The minimum Gasteiger partial charge on any atom is -0.369 e. The van der Waals surface area contributed by atoms with Crippen molar-refractivity contribution in [2.24, 2.45) is 0 Å². The summed E-state index contributed by atoms with van der Waals surface area (Å²) < 4.78 is 0. The Kier molecular flexibility index (Phi) is 7.17. The van der Waals surface area contributed by atoms with Gasteiger partial charge in [0.1, 0.15) is 5.56 Å². The highest BCUT2D eigenvalue weighted by molar-refractivity contribution is 7.13. The first-order chi connectivity index (χ1) is 15.2. The lowest BCUT2D eigenvalue weighted by molar-refractivity contribution is 0.0951. The lowest BCUT2D eigenvalue weighted by Gasteiger charge is -2.36. The first-order valence-electron chi connectivity index (χ1n) is 10.8. The SMILES string of the molecule is O=C(NCCCCN1CCN(c2ccccc2)CC1)c1ccc(-c2cccs2)[nH]c1=O. The number of nitrogens with zero attached hydrogens (tertiary/aromatic N) is 2. The monoisotopic (exact) mass is 436 g/mol. The maximum atomic E-state index is 12.4. The molecule has 4 rings (SSSR count). The molecule has 0 radical (unpaired) electrons. The third-order valence-electron chi connectivity index (χ3n) is 5.62. The molecule has 3 aromatic rings. The van der Waals surface area contributed by atoms with Crippen molar-refractivity contribution in [1.29, 1.82) is 0 Å². The number of aromatic amines is 1. The fraction of sp³-hybridized carbons (Fsp3) is 0.333. The Labute approximate surface area is 186 Å². The van der Waals surface area contributed by atoms with E-state index in [-0.39, 0.29) is 17.0 Å². The number of hydrogen-bond acceptors (Lipinski definition) is 5. The topological polar surface area (TPSA) is 68.4 Å². The second-order valence-electron chi connectivity index (χ2n) is 7.72.